The Kier molecular flexibility index (Phi) is 3.39. The number of anilines is 1. The Morgan fingerprint density at radius 1 is 1.27 bits per heavy atom. The molecule has 1 amide bonds. The van der Waals surface area contributed by atoms with Crippen molar-refractivity contribution in [2.24, 2.45) is 0 Å². The van der Waals surface area contributed by atoms with Crippen molar-refractivity contribution in [1.29, 1.82) is 0 Å². The Morgan fingerprint density at radius 3 is 2.33 bits per heavy atom. The van der Waals surface area contributed by atoms with Gasteiger partial charge >= 0.3 is 11.9 Å². The van der Waals surface area contributed by atoms with Crippen molar-refractivity contribution < 1.29 is 19.8 Å². The Balaban J connectivity index is 3.05. The summed E-state index contributed by atoms with van der Waals surface area (Å²) in [6, 6.07) is 2.39. The molecule has 1 aromatic rings. The maximum absolute atomic E-state index is 10.8. The van der Waals surface area contributed by atoms with Gasteiger partial charge in [0.05, 0.1) is 5.02 Å². The number of phenolic OH excluding ortho intramolecular Hbond substituents is 1. The molecule has 0 saturated heterocycles. The number of phenols is 1. The first-order valence-corrected chi connectivity index (χ1v) is 4.39. The van der Waals surface area contributed by atoms with E-state index < -0.39 is 17.6 Å². The van der Waals surface area contributed by atoms with Crippen molar-refractivity contribution in [2.75, 3.05) is 5.32 Å². The van der Waals surface area contributed by atoms with Crippen LogP contribution in [-0.4, -0.2) is 22.1 Å². The predicted octanol–water partition coefficient (Wildman–Crippen LogP) is 1.72. The van der Waals surface area contributed by atoms with Crippen LogP contribution in [0.3, 0.4) is 0 Å². The zero-order valence-electron chi connectivity index (χ0n) is 7.12. The summed E-state index contributed by atoms with van der Waals surface area (Å²) in [5.41, 5.74) is -0.187. The van der Waals surface area contributed by atoms with E-state index in [2.05, 4.69) is 0 Å². The predicted molar refractivity (Wildman–Crippen MR) is 54.4 cm³/mol. The van der Waals surface area contributed by atoms with Gasteiger partial charge in [-0.3, -0.25) is 4.79 Å². The van der Waals surface area contributed by atoms with Crippen molar-refractivity contribution in [3.05, 3.63) is 22.2 Å². The minimum absolute atomic E-state index is 0.0467. The number of carboxylic acids is 1. The number of carbonyl (C=O) groups excluding carboxylic acids is 1. The highest BCUT2D eigenvalue weighted by Crippen LogP contribution is 2.34. The summed E-state index contributed by atoms with van der Waals surface area (Å²) in [4.78, 5) is 21.0. The van der Waals surface area contributed by atoms with E-state index in [1.807, 2.05) is 5.32 Å². The van der Waals surface area contributed by atoms with Gasteiger partial charge in [0.15, 0.2) is 0 Å². The van der Waals surface area contributed by atoms with E-state index in [4.69, 9.17) is 28.3 Å². The first kappa shape index (κ1) is 11.6. The van der Waals surface area contributed by atoms with Gasteiger partial charge in [0, 0.05) is 11.1 Å². The molecule has 5 nitrogen and oxygen atoms in total. The monoisotopic (exact) mass is 249 g/mol. The van der Waals surface area contributed by atoms with Crippen molar-refractivity contribution >= 4 is 40.8 Å². The number of carbonyl (C=O) groups is 2. The highest BCUT2D eigenvalue weighted by molar-refractivity contribution is 6.40. The minimum Gasteiger partial charge on any atom is -0.506 e. The average molecular weight is 250 g/mol. The summed E-state index contributed by atoms with van der Waals surface area (Å²) in [7, 11) is 0. The lowest BCUT2D eigenvalue weighted by Gasteiger charge is -2.07. The Bertz CT molecular complexity index is 410. The van der Waals surface area contributed by atoms with Gasteiger partial charge in [-0.25, -0.2) is 4.79 Å². The highest BCUT2D eigenvalue weighted by Gasteiger charge is 2.16. The number of aromatic hydroxyl groups is 1. The van der Waals surface area contributed by atoms with Crippen LogP contribution in [0.1, 0.15) is 0 Å². The average Bonchev–Trinajstić information content (AvgIpc) is 2.10. The summed E-state index contributed by atoms with van der Waals surface area (Å²) in [6.45, 7) is 0. The molecule has 0 unspecified atom stereocenters. The van der Waals surface area contributed by atoms with Crippen molar-refractivity contribution in [2.45, 2.75) is 0 Å². The second-order valence-electron chi connectivity index (χ2n) is 2.54. The molecule has 0 radical (unpaired) electrons. The van der Waals surface area contributed by atoms with E-state index in [9.17, 15) is 14.7 Å². The van der Waals surface area contributed by atoms with Crippen LogP contribution in [0.25, 0.3) is 0 Å². The molecule has 0 aliphatic rings. The molecule has 1 aromatic carbocycles. The molecule has 0 fully saturated rings. The first-order chi connectivity index (χ1) is 6.91. The van der Waals surface area contributed by atoms with E-state index in [1.165, 1.54) is 6.07 Å². The SMILES string of the molecule is O=C(O)C(=O)Nc1c(O)cc(Cl)cc1Cl. The van der Waals surface area contributed by atoms with Crippen LogP contribution in [0.15, 0.2) is 12.1 Å². The molecule has 0 bridgehead atoms. The zero-order valence-corrected chi connectivity index (χ0v) is 8.63. The molecule has 1 rings (SSSR count). The number of carboxylic acid groups (broad SMARTS) is 1. The summed E-state index contributed by atoms with van der Waals surface area (Å²) < 4.78 is 0. The number of benzene rings is 1. The van der Waals surface area contributed by atoms with Crippen LogP contribution < -0.4 is 5.32 Å². The number of rotatable bonds is 1. The fraction of sp³-hybridized carbons (Fsp3) is 0. The maximum Gasteiger partial charge on any atom is 0.394 e. The van der Waals surface area contributed by atoms with Crippen molar-refractivity contribution in [3.8, 4) is 5.75 Å². The third kappa shape index (κ3) is 2.74. The molecule has 15 heavy (non-hydrogen) atoms. The van der Waals surface area contributed by atoms with E-state index in [1.54, 1.807) is 0 Å². The lowest BCUT2D eigenvalue weighted by molar-refractivity contribution is -0.147. The van der Waals surface area contributed by atoms with Gasteiger partial charge in [0.25, 0.3) is 0 Å². The second-order valence-corrected chi connectivity index (χ2v) is 3.38. The Labute approximate surface area is 94.2 Å². The zero-order chi connectivity index (χ0) is 11.6. The second kappa shape index (κ2) is 4.37. The normalized spacial score (nSPS) is 9.73. The number of hydrogen-bond donors (Lipinski definition) is 3. The maximum atomic E-state index is 10.8. The topological polar surface area (TPSA) is 86.6 Å². The van der Waals surface area contributed by atoms with Gasteiger partial charge in [-0.05, 0) is 6.07 Å². The molecular formula is C8H5Cl2NO4. The number of aliphatic carboxylic acids is 1. The number of hydrogen-bond acceptors (Lipinski definition) is 3. The van der Waals surface area contributed by atoms with Crippen LogP contribution in [0.4, 0.5) is 5.69 Å². The van der Waals surface area contributed by atoms with Gasteiger partial charge in [-0.2, -0.15) is 0 Å². The molecular weight excluding hydrogens is 245 g/mol. The molecule has 3 N–H and O–H groups in total. The van der Waals surface area contributed by atoms with Crippen molar-refractivity contribution in [3.63, 3.8) is 0 Å². The Morgan fingerprint density at radius 2 is 1.87 bits per heavy atom. The number of amides is 1. The smallest absolute Gasteiger partial charge is 0.394 e. The summed E-state index contributed by atoms with van der Waals surface area (Å²) in [5.74, 6) is -3.38. The Hall–Kier alpha value is -1.46. The van der Waals surface area contributed by atoms with E-state index in [0.29, 0.717) is 0 Å². The summed E-state index contributed by atoms with van der Waals surface area (Å²) in [6.07, 6.45) is 0. The molecule has 0 aromatic heterocycles. The molecule has 7 heteroatoms. The quantitative estimate of drug-likeness (QED) is 0.523. The lowest BCUT2D eigenvalue weighted by atomic mass is 10.3. The number of nitrogens with one attached hydrogen (secondary N) is 1. The van der Waals surface area contributed by atoms with Gasteiger partial charge in [-0.15, -0.1) is 0 Å². The first-order valence-electron chi connectivity index (χ1n) is 3.64. The molecule has 0 aliphatic carbocycles. The van der Waals surface area contributed by atoms with E-state index >= 15 is 0 Å². The summed E-state index contributed by atoms with van der Waals surface area (Å²) in [5, 5.41) is 19.7. The van der Waals surface area contributed by atoms with Crippen LogP contribution in [0.5, 0.6) is 5.75 Å². The third-order valence-corrected chi connectivity index (χ3v) is 1.98. The van der Waals surface area contributed by atoms with Crippen molar-refractivity contribution in [1.82, 2.24) is 0 Å². The molecule has 0 spiro atoms. The number of halogens is 2. The van der Waals surface area contributed by atoms with Crippen LogP contribution in [-0.2, 0) is 9.59 Å². The van der Waals surface area contributed by atoms with Crippen LogP contribution in [0, 0.1) is 0 Å². The van der Waals surface area contributed by atoms with Crippen LogP contribution >= 0.6 is 23.2 Å². The van der Waals surface area contributed by atoms with E-state index in [-0.39, 0.29) is 15.7 Å². The third-order valence-electron chi connectivity index (χ3n) is 1.47. The standard InChI is InChI=1S/C8H5Cl2NO4/c9-3-1-4(10)6(5(12)2-3)11-7(13)8(14)15/h1-2,12H,(H,11,13)(H,14,15). The molecule has 0 saturated carbocycles. The largest absolute Gasteiger partial charge is 0.506 e. The lowest BCUT2D eigenvalue weighted by Crippen LogP contribution is -2.22. The molecule has 0 aliphatic heterocycles. The highest BCUT2D eigenvalue weighted by atomic mass is 35.5. The van der Waals surface area contributed by atoms with E-state index in [0.717, 1.165) is 6.07 Å². The van der Waals surface area contributed by atoms with Crippen LogP contribution in [0.2, 0.25) is 10.0 Å². The van der Waals surface area contributed by atoms with Gasteiger partial charge in [-0.1, -0.05) is 23.2 Å². The van der Waals surface area contributed by atoms with Gasteiger partial charge < -0.3 is 15.5 Å². The fourth-order valence-electron chi connectivity index (χ4n) is 0.851. The molecule has 80 valence electrons. The minimum atomic E-state index is -1.68. The summed E-state index contributed by atoms with van der Waals surface area (Å²) >= 11 is 11.2. The van der Waals surface area contributed by atoms with Gasteiger partial charge in [0.1, 0.15) is 11.4 Å². The fourth-order valence-corrected chi connectivity index (χ4v) is 1.38. The van der Waals surface area contributed by atoms with Gasteiger partial charge in [0.2, 0.25) is 0 Å². The molecule has 0 atom stereocenters. The molecule has 0 heterocycles.